The average Bonchev–Trinajstić information content (AvgIpc) is 3.43. The van der Waals surface area contributed by atoms with Gasteiger partial charge in [-0.2, -0.15) is 13.2 Å². The first kappa shape index (κ1) is 42.9. The quantitative estimate of drug-likeness (QED) is 0.175. The maximum Gasteiger partial charge on any atom is 0.391 e. The zero-order valence-electron chi connectivity index (χ0n) is 31.5. The molecule has 2 heterocycles. The number of amides is 1. The Morgan fingerprint density at radius 2 is 1.72 bits per heavy atom. The molecule has 4 rings (SSSR count). The average molecular weight is 724 g/mol. The minimum absolute atomic E-state index is 0.0937. The summed E-state index contributed by atoms with van der Waals surface area (Å²) in [6.07, 6.45) is 1.09. The molecule has 0 aliphatic heterocycles. The smallest absolute Gasteiger partial charge is 0.391 e. The van der Waals surface area contributed by atoms with Gasteiger partial charge in [-0.3, -0.25) is 9.59 Å². The van der Waals surface area contributed by atoms with Crippen LogP contribution in [0.5, 0.6) is 11.6 Å². The zero-order chi connectivity index (χ0) is 37.8. The standard InChI is InChI=1S/C14H17F3N2O2.C13H15NO2S.C11H24O/c1-8-7-18-11(21-3)4-10(8)12(20)19-13(2)5-9(6-13)14(15,16)17;1-4-5-10(15)12-11(16-3)7-6-9-13(12)17-8(2)14-9;1-6-10(3)11(4)7-9(2)8-12-5/h4,7,9H,5-6H2,1-3H3,(H,19,20);6-7H,4-5H2,1-3H3;9-11H,6-8H2,1-5H3. The van der Waals surface area contributed by atoms with Crippen LogP contribution in [0.2, 0.25) is 0 Å². The van der Waals surface area contributed by atoms with Gasteiger partial charge in [-0.25, -0.2) is 9.97 Å². The van der Waals surface area contributed by atoms with Crippen LogP contribution < -0.4 is 14.8 Å². The highest BCUT2D eigenvalue weighted by molar-refractivity contribution is 7.19. The molecule has 8 nitrogen and oxygen atoms in total. The van der Waals surface area contributed by atoms with E-state index in [4.69, 9.17) is 14.2 Å². The third-order valence-corrected chi connectivity index (χ3v) is 10.3. The molecule has 1 aromatic carbocycles. The van der Waals surface area contributed by atoms with Crippen molar-refractivity contribution in [1.82, 2.24) is 15.3 Å². The first-order chi connectivity index (χ1) is 23.4. The number of thiazole rings is 1. The van der Waals surface area contributed by atoms with Crippen molar-refractivity contribution in [2.75, 3.05) is 27.9 Å². The third kappa shape index (κ3) is 12.2. The molecule has 3 aromatic rings. The van der Waals surface area contributed by atoms with E-state index in [1.165, 1.54) is 32.2 Å². The van der Waals surface area contributed by atoms with Crippen LogP contribution in [0.3, 0.4) is 0 Å². The van der Waals surface area contributed by atoms with Gasteiger partial charge >= 0.3 is 6.18 Å². The number of aromatic nitrogens is 2. The second-order valence-electron chi connectivity index (χ2n) is 13.8. The molecule has 3 unspecified atom stereocenters. The molecule has 0 radical (unpaired) electrons. The predicted octanol–water partition coefficient (Wildman–Crippen LogP) is 9.80. The number of hydrogen-bond donors (Lipinski definition) is 1. The lowest BCUT2D eigenvalue weighted by Crippen LogP contribution is -2.58. The molecule has 1 aliphatic carbocycles. The van der Waals surface area contributed by atoms with E-state index in [1.807, 2.05) is 26.0 Å². The van der Waals surface area contributed by atoms with Crippen LogP contribution in [0.1, 0.15) is 111 Å². The van der Waals surface area contributed by atoms with Crippen molar-refractivity contribution >= 4 is 33.2 Å². The van der Waals surface area contributed by atoms with Gasteiger partial charge in [0, 0.05) is 43.5 Å². The van der Waals surface area contributed by atoms with Gasteiger partial charge in [0.25, 0.3) is 5.91 Å². The normalized spacial score (nSPS) is 18.7. The van der Waals surface area contributed by atoms with Crippen molar-refractivity contribution in [2.24, 2.45) is 23.7 Å². The van der Waals surface area contributed by atoms with E-state index in [2.05, 4.69) is 43.0 Å². The number of ether oxygens (including phenoxy) is 3. The van der Waals surface area contributed by atoms with Crippen molar-refractivity contribution in [3.05, 3.63) is 46.1 Å². The fourth-order valence-corrected chi connectivity index (χ4v) is 7.03. The van der Waals surface area contributed by atoms with E-state index < -0.39 is 23.5 Å². The number of pyridine rings is 1. The number of carbonyl (C=O) groups is 2. The first-order valence-electron chi connectivity index (χ1n) is 17.3. The van der Waals surface area contributed by atoms with Gasteiger partial charge in [-0.15, -0.1) is 11.3 Å². The Labute approximate surface area is 299 Å². The number of halogens is 3. The van der Waals surface area contributed by atoms with Gasteiger partial charge in [0.1, 0.15) is 5.75 Å². The number of carbonyl (C=O) groups excluding carboxylic acids is 2. The van der Waals surface area contributed by atoms with E-state index in [-0.39, 0.29) is 24.5 Å². The molecular formula is C38H56F3N3O5S. The van der Waals surface area contributed by atoms with E-state index in [0.717, 1.165) is 40.1 Å². The predicted molar refractivity (Wildman–Crippen MR) is 195 cm³/mol. The summed E-state index contributed by atoms with van der Waals surface area (Å²) in [6, 6.07) is 5.21. The zero-order valence-corrected chi connectivity index (χ0v) is 32.4. The fourth-order valence-electron chi connectivity index (χ4n) is 6.06. The summed E-state index contributed by atoms with van der Waals surface area (Å²) >= 11 is 1.55. The summed E-state index contributed by atoms with van der Waals surface area (Å²) in [7, 11) is 4.81. The number of methoxy groups -OCH3 is 3. The lowest BCUT2D eigenvalue weighted by atomic mass is 9.69. The van der Waals surface area contributed by atoms with Gasteiger partial charge in [0.2, 0.25) is 5.88 Å². The minimum atomic E-state index is -4.19. The largest absolute Gasteiger partial charge is 0.496 e. The fraction of sp³-hybridized carbons (Fsp3) is 0.632. The van der Waals surface area contributed by atoms with Crippen LogP contribution in [0.4, 0.5) is 13.2 Å². The lowest BCUT2D eigenvalue weighted by Gasteiger charge is -2.46. The molecule has 0 saturated heterocycles. The Morgan fingerprint density at radius 3 is 2.26 bits per heavy atom. The molecular weight excluding hydrogens is 667 g/mol. The number of hydrogen-bond acceptors (Lipinski definition) is 8. The second-order valence-corrected chi connectivity index (χ2v) is 15.0. The summed E-state index contributed by atoms with van der Waals surface area (Å²) in [6.45, 7) is 17.4. The van der Waals surface area contributed by atoms with Crippen LogP contribution in [0.15, 0.2) is 24.4 Å². The van der Waals surface area contributed by atoms with Crippen molar-refractivity contribution in [1.29, 1.82) is 0 Å². The molecule has 3 atom stereocenters. The van der Waals surface area contributed by atoms with Crippen LogP contribution in [0, 0.1) is 37.5 Å². The Morgan fingerprint density at radius 1 is 1.06 bits per heavy atom. The number of ketones is 1. The maximum atomic E-state index is 12.5. The van der Waals surface area contributed by atoms with E-state index in [9.17, 15) is 22.8 Å². The maximum absolute atomic E-state index is 12.5. The van der Waals surface area contributed by atoms with E-state index in [1.54, 1.807) is 39.4 Å². The summed E-state index contributed by atoms with van der Waals surface area (Å²) < 4.78 is 53.9. The van der Waals surface area contributed by atoms with Gasteiger partial charge < -0.3 is 19.5 Å². The molecule has 1 N–H and O–H groups in total. The van der Waals surface area contributed by atoms with Gasteiger partial charge in [0.15, 0.2) is 5.78 Å². The number of rotatable bonds is 13. The highest BCUT2D eigenvalue weighted by Crippen LogP contribution is 2.47. The van der Waals surface area contributed by atoms with Crippen LogP contribution >= 0.6 is 11.3 Å². The van der Waals surface area contributed by atoms with E-state index in [0.29, 0.717) is 34.8 Å². The summed E-state index contributed by atoms with van der Waals surface area (Å²) in [5.74, 6) is 1.73. The Kier molecular flexibility index (Phi) is 16.6. The molecule has 1 saturated carbocycles. The van der Waals surface area contributed by atoms with Crippen molar-refractivity contribution < 1.29 is 37.0 Å². The number of nitrogens with one attached hydrogen (secondary N) is 1. The first-order valence-corrected chi connectivity index (χ1v) is 18.1. The Hall–Kier alpha value is -3.25. The van der Waals surface area contributed by atoms with Crippen LogP contribution in [-0.4, -0.2) is 61.3 Å². The summed E-state index contributed by atoms with van der Waals surface area (Å²) in [5, 5.41) is 3.65. The topological polar surface area (TPSA) is 99.6 Å². The van der Waals surface area contributed by atoms with E-state index >= 15 is 0 Å². The third-order valence-electron chi connectivity index (χ3n) is 9.25. The number of alkyl halides is 3. The molecule has 1 aliphatic rings. The minimum Gasteiger partial charge on any atom is -0.496 e. The van der Waals surface area contributed by atoms with Crippen LogP contribution in [-0.2, 0) is 4.74 Å². The van der Waals surface area contributed by atoms with Crippen LogP contribution in [0.25, 0.3) is 10.2 Å². The van der Waals surface area contributed by atoms with Crippen molar-refractivity contribution in [2.45, 2.75) is 106 Å². The number of Topliss-reactive ketones (excluding diaryl/α,β-unsaturated/α-hetero) is 1. The van der Waals surface area contributed by atoms with Crippen molar-refractivity contribution in [3.63, 3.8) is 0 Å². The summed E-state index contributed by atoms with van der Waals surface area (Å²) in [5.41, 5.74) is 1.76. The lowest BCUT2D eigenvalue weighted by molar-refractivity contribution is -0.208. The molecule has 12 heteroatoms. The second kappa shape index (κ2) is 19.4. The Bertz CT molecular complexity index is 1540. The SMILES string of the molecule is CCC(C)C(C)CC(C)COC.CCCC(=O)c1c(OC)ccc2nc(C)sc12.COc1cc(C(=O)NC2(C)CC(C(F)(F)F)C2)c(C)cn1. The van der Waals surface area contributed by atoms with Gasteiger partial charge in [0.05, 0.1) is 40.9 Å². The number of fused-ring (bicyclic) bond motifs is 1. The van der Waals surface area contributed by atoms with Gasteiger partial charge in [-0.1, -0.05) is 41.0 Å². The highest BCUT2D eigenvalue weighted by Gasteiger charge is 2.54. The Balaban J connectivity index is 0.000000271. The molecule has 280 valence electrons. The molecule has 0 spiro atoms. The molecule has 1 fully saturated rings. The molecule has 50 heavy (non-hydrogen) atoms. The molecule has 1 amide bonds. The summed E-state index contributed by atoms with van der Waals surface area (Å²) in [4.78, 5) is 32.7. The monoisotopic (exact) mass is 723 g/mol. The van der Waals surface area contributed by atoms with Crippen molar-refractivity contribution in [3.8, 4) is 11.6 Å². The number of benzene rings is 1. The number of aryl methyl sites for hydroxylation is 2. The molecule has 2 aromatic heterocycles. The number of nitrogens with zero attached hydrogens (tertiary/aromatic N) is 2. The highest BCUT2D eigenvalue weighted by atomic mass is 32.1. The molecule has 0 bridgehead atoms. The van der Waals surface area contributed by atoms with Gasteiger partial charge in [-0.05, 0) is 81.9 Å².